The van der Waals surface area contributed by atoms with Gasteiger partial charge >= 0.3 is 0 Å². The zero-order chi connectivity index (χ0) is 17.3. The molecule has 0 heterocycles. The van der Waals surface area contributed by atoms with Crippen LogP contribution < -0.4 is 22.1 Å². The van der Waals surface area contributed by atoms with Crippen molar-refractivity contribution >= 4 is 17.7 Å². The molecule has 0 fully saturated rings. The monoisotopic (exact) mass is 318 g/mol. The highest BCUT2D eigenvalue weighted by atomic mass is 16.6. The van der Waals surface area contributed by atoms with Gasteiger partial charge in [0, 0.05) is 6.42 Å². The highest BCUT2D eigenvalue weighted by Crippen LogP contribution is 2.13. The molecular weight excluding hydrogens is 292 g/mol. The minimum Gasteiger partial charge on any atom is -0.368 e. The molecule has 2 unspecified atom stereocenters. The second-order valence-corrected chi connectivity index (χ2v) is 5.83. The molecule has 3 amide bonds. The predicted octanol–water partition coefficient (Wildman–Crippen LogP) is -2.05. The molecular formula is C13H26N4O5. The van der Waals surface area contributed by atoms with Crippen molar-refractivity contribution in [3.63, 3.8) is 0 Å². The Morgan fingerprint density at radius 3 is 2.23 bits per heavy atom. The van der Waals surface area contributed by atoms with Gasteiger partial charge in [-0.2, -0.15) is 0 Å². The minimum absolute atomic E-state index is 0.194. The summed E-state index contributed by atoms with van der Waals surface area (Å²) >= 11 is 0. The zero-order valence-corrected chi connectivity index (χ0v) is 13.2. The van der Waals surface area contributed by atoms with Gasteiger partial charge in [0.15, 0.2) is 6.29 Å². The van der Waals surface area contributed by atoms with Crippen molar-refractivity contribution in [3.8, 4) is 0 Å². The van der Waals surface area contributed by atoms with Crippen molar-refractivity contribution in [1.82, 2.24) is 10.6 Å². The van der Waals surface area contributed by atoms with E-state index in [0.717, 1.165) is 0 Å². The van der Waals surface area contributed by atoms with E-state index in [0.29, 0.717) is 0 Å². The fourth-order valence-corrected chi connectivity index (χ4v) is 1.47. The molecule has 2 atom stereocenters. The lowest BCUT2D eigenvalue weighted by Gasteiger charge is -2.24. The predicted molar refractivity (Wildman–Crippen MR) is 79.3 cm³/mol. The molecule has 0 aromatic rings. The van der Waals surface area contributed by atoms with Gasteiger partial charge in [0.05, 0.1) is 24.7 Å². The van der Waals surface area contributed by atoms with Crippen LogP contribution in [0.25, 0.3) is 0 Å². The first-order valence-corrected chi connectivity index (χ1v) is 6.95. The van der Waals surface area contributed by atoms with Crippen LogP contribution in [-0.2, 0) is 19.1 Å². The quantitative estimate of drug-likeness (QED) is 0.308. The SMILES string of the molecule is CC(C)(C)OC(O)CCC(N)C(=O)NCC(=O)NCC(N)=O. The van der Waals surface area contributed by atoms with Gasteiger partial charge in [-0.3, -0.25) is 14.4 Å². The average molecular weight is 318 g/mol. The second kappa shape index (κ2) is 9.34. The third-order valence-electron chi connectivity index (χ3n) is 2.43. The summed E-state index contributed by atoms with van der Waals surface area (Å²) in [6, 6.07) is -0.873. The molecule has 0 aliphatic heterocycles. The third-order valence-corrected chi connectivity index (χ3v) is 2.43. The molecule has 0 aromatic heterocycles. The number of hydrogen-bond acceptors (Lipinski definition) is 6. The first-order chi connectivity index (χ1) is 10.0. The van der Waals surface area contributed by atoms with Gasteiger partial charge in [-0.05, 0) is 27.2 Å². The molecule has 9 heteroatoms. The highest BCUT2D eigenvalue weighted by Gasteiger charge is 2.20. The number of ether oxygens (including phenoxy) is 1. The average Bonchev–Trinajstić information content (AvgIpc) is 2.37. The maximum absolute atomic E-state index is 11.7. The summed E-state index contributed by atoms with van der Waals surface area (Å²) in [7, 11) is 0. The van der Waals surface area contributed by atoms with Crippen molar-refractivity contribution in [2.45, 2.75) is 51.5 Å². The van der Waals surface area contributed by atoms with Gasteiger partial charge in [0.2, 0.25) is 17.7 Å². The van der Waals surface area contributed by atoms with Crippen molar-refractivity contribution in [3.05, 3.63) is 0 Å². The Hall–Kier alpha value is -1.71. The zero-order valence-electron chi connectivity index (χ0n) is 13.2. The number of aliphatic hydroxyl groups is 1. The molecule has 22 heavy (non-hydrogen) atoms. The van der Waals surface area contributed by atoms with Crippen LogP contribution in [0.1, 0.15) is 33.6 Å². The number of nitrogens with two attached hydrogens (primary N) is 2. The first kappa shape index (κ1) is 20.3. The van der Waals surface area contributed by atoms with Gasteiger partial charge in [0.1, 0.15) is 0 Å². The number of hydrogen-bond donors (Lipinski definition) is 5. The Labute approximate surface area is 129 Å². The summed E-state index contributed by atoms with van der Waals surface area (Å²) < 4.78 is 5.28. The van der Waals surface area contributed by atoms with Crippen LogP contribution >= 0.6 is 0 Å². The summed E-state index contributed by atoms with van der Waals surface area (Å²) in [5.41, 5.74) is 10.0. The Balaban J connectivity index is 3.97. The van der Waals surface area contributed by atoms with Crippen molar-refractivity contribution < 1.29 is 24.2 Å². The first-order valence-electron chi connectivity index (χ1n) is 6.95. The largest absolute Gasteiger partial charge is 0.368 e. The summed E-state index contributed by atoms with van der Waals surface area (Å²) in [4.78, 5) is 33.4. The van der Waals surface area contributed by atoms with Crippen LogP contribution in [0, 0.1) is 0 Å². The molecule has 0 spiro atoms. The summed E-state index contributed by atoms with van der Waals surface area (Å²) in [5, 5.41) is 14.2. The Morgan fingerprint density at radius 1 is 1.14 bits per heavy atom. The molecule has 0 rings (SSSR count). The highest BCUT2D eigenvalue weighted by molar-refractivity contribution is 5.89. The van der Waals surface area contributed by atoms with Crippen LogP contribution in [0.4, 0.5) is 0 Å². The van der Waals surface area contributed by atoms with Gasteiger partial charge in [-0.1, -0.05) is 0 Å². The van der Waals surface area contributed by atoms with Crippen LogP contribution in [0.15, 0.2) is 0 Å². The smallest absolute Gasteiger partial charge is 0.239 e. The van der Waals surface area contributed by atoms with Crippen LogP contribution in [0.3, 0.4) is 0 Å². The van der Waals surface area contributed by atoms with Crippen molar-refractivity contribution in [1.29, 1.82) is 0 Å². The van der Waals surface area contributed by atoms with E-state index in [2.05, 4.69) is 10.6 Å². The molecule has 9 nitrogen and oxygen atoms in total. The standard InChI is InChI=1S/C13H26N4O5/c1-13(2,3)22-11(20)5-4-8(14)12(21)17-7-10(19)16-6-9(15)18/h8,11,20H,4-7,14H2,1-3H3,(H2,15,18)(H,16,19)(H,17,21). The summed E-state index contributed by atoms with van der Waals surface area (Å²) in [6.07, 6.45) is -0.621. The molecule has 0 saturated heterocycles. The molecule has 0 radical (unpaired) electrons. The lowest BCUT2D eigenvalue weighted by Crippen LogP contribution is -2.46. The van der Waals surface area contributed by atoms with E-state index in [1.807, 2.05) is 0 Å². The van der Waals surface area contributed by atoms with Crippen molar-refractivity contribution in [2.75, 3.05) is 13.1 Å². The molecule has 7 N–H and O–H groups in total. The van der Waals surface area contributed by atoms with Crippen molar-refractivity contribution in [2.24, 2.45) is 11.5 Å². The van der Waals surface area contributed by atoms with E-state index in [4.69, 9.17) is 16.2 Å². The fourth-order valence-electron chi connectivity index (χ4n) is 1.47. The summed E-state index contributed by atoms with van der Waals surface area (Å²) in [5.74, 6) is -1.75. The molecule has 0 aromatic carbocycles. The van der Waals surface area contributed by atoms with E-state index in [1.54, 1.807) is 20.8 Å². The molecule has 0 aliphatic carbocycles. The van der Waals surface area contributed by atoms with E-state index in [-0.39, 0.29) is 25.9 Å². The van der Waals surface area contributed by atoms with E-state index in [1.165, 1.54) is 0 Å². The number of amides is 3. The fraction of sp³-hybridized carbons (Fsp3) is 0.769. The third kappa shape index (κ3) is 11.0. The van der Waals surface area contributed by atoms with E-state index in [9.17, 15) is 19.5 Å². The Morgan fingerprint density at radius 2 is 1.73 bits per heavy atom. The van der Waals surface area contributed by atoms with Crippen LogP contribution in [0.5, 0.6) is 0 Å². The van der Waals surface area contributed by atoms with Gasteiger partial charge in [-0.15, -0.1) is 0 Å². The van der Waals surface area contributed by atoms with Gasteiger partial charge < -0.3 is 31.9 Å². The van der Waals surface area contributed by atoms with Crippen LogP contribution in [0.2, 0.25) is 0 Å². The maximum Gasteiger partial charge on any atom is 0.239 e. The molecule has 128 valence electrons. The van der Waals surface area contributed by atoms with Gasteiger partial charge in [0.25, 0.3) is 0 Å². The maximum atomic E-state index is 11.7. The minimum atomic E-state index is -1.02. The molecule has 0 aliphatic rings. The van der Waals surface area contributed by atoms with Gasteiger partial charge in [-0.25, -0.2) is 0 Å². The Bertz CT molecular complexity index is 394. The normalized spacial score (nSPS) is 14.0. The number of carbonyl (C=O) groups excluding carboxylic acids is 3. The lowest BCUT2D eigenvalue weighted by atomic mass is 10.1. The molecule has 0 bridgehead atoms. The number of primary amides is 1. The number of rotatable bonds is 9. The van der Waals surface area contributed by atoms with Crippen LogP contribution in [-0.4, -0.2) is 53.9 Å². The number of nitrogens with one attached hydrogen (secondary N) is 2. The number of carbonyl (C=O) groups is 3. The molecule has 0 saturated carbocycles. The Kier molecular flexibility index (Phi) is 8.61. The van der Waals surface area contributed by atoms with E-state index >= 15 is 0 Å². The summed E-state index contributed by atoms with van der Waals surface area (Å²) in [6.45, 7) is 4.80. The topological polar surface area (TPSA) is 157 Å². The second-order valence-electron chi connectivity index (χ2n) is 5.83. The lowest BCUT2D eigenvalue weighted by molar-refractivity contribution is -0.169. The number of aliphatic hydroxyl groups excluding tert-OH is 1. The van der Waals surface area contributed by atoms with E-state index < -0.39 is 35.7 Å².